The summed E-state index contributed by atoms with van der Waals surface area (Å²) in [6.07, 6.45) is 0.266. The van der Waals surface area contributed by atoms with Gasteiger partial charge < -0.3 is 10.4 Å². The third-order valence-electron chi connectivity index (χ3n) is 2.47. The Labute approximate surface area is 120 Å². The summed E-state index contributed by atoms with van der Waals surface area (Å²) in [5.74, 6) is 4.43. The van der Waals surface area contributed by atoms with E-state index >= 15 is 0 Å². The Morgan fingerprint density at radius 3 is 2.95 bits per heavy atom. The molecule has 0 bridgehead atoms. The molecule has 0 unspecified atom stereocenters. The van der Waals surface area contributed by atoms with E-state index in [1.54, 1.807) is 0 Å². The maximum atomic E-state index is 13.2. The molecule has 1 aromatic carbocycles. The van der Waals surface area contributed by atoms with E-state index in [1.165, 1.54) is 29.5 Å². The predicted molar refractivity (Wildman–Crippen MR) is 77.0 cm³/mol. The predicted octanol–water partition coefficient (Wildman–Crippen LogP) is 2.41. The molecule has 0 aliphatic heterocycles. The number of nitrogens with one attached hydrogen (secondary N) is 1. The average molecular weight is 289 g/mol. The summed E-state index contributed by atoms with van der Waals surface area (Å²) in [7, 11) is 0. The second kappa shape index (κ2) is 6.85. The van der Waals surface area contributed by atoms with Crippen LogP contribution in [0.3, 0.4) is 0 Å². The first-order valence-corrected chi connectivity index (χ1v) is 6.78. The molecule has 1 heterocycles. The largest absolute Gasteiger partial charge is 0.384 e. The molecule has 5 heteroatoms. The Bertz CT molecular complexity index is 656. The van der Waals surface area contributed by atoms with E-state index in [4.69, 9.17) is 5.11 Å². The lowest BCUT2D eigenvalue weighted by Gasteiger charge is -2.07. The van der Waals surface area contributed by atoms with Crippen molar-refractivity contribution in [2.24, 2.45) is 0 Å². The quantitative estimate of drug-likeness (QED) is 0.853. The molecule has 0 fully saturated rings. The summed E-state index contributed by atoms with van der Waals surface area (Å²) in [6, 6.07) is 7.70. The highest BCUT2D eigenvalue weighted by Gasteiger charge is 2.08. The van der Waals surface area contributed by atoms with Gasteiger partial charge in [0.1, 0.15) is 12.4 Å². The number of carbonyl (C=O) groups is 1. The van der Waals surface area contributed by atoms with Gasteiger partial charge in [0.05, 0.1) is 17.7 Å². The fourth-order valence-corrected chi connectivity index (χ4v) is 2.33. The molecule has 0 aliphatic rings. The van der Waals surface area contributed by atoms with Gasteiger partial charge >= 0.3 is 0 Å². The molecular weight excluding hydrogens is 277 g/mol. The van der Waals surface area contributed by atoms with Crippen molar-refractivity contribution in [3.63, 3.8) is 0 Å². The molecule has 20 heavy (non-hydrogen) atoms. The van der Waals surface area contributed by atoms with Gasteiger partial charge in [-0.1, -0.05) is 17.9 Å². The van der Waals surface area contributed by atoms with Crippen LogP contribution in [0.4, 0.5) is 10.1 Å². The zero-order valence-electron chi connectivity index (χ0n) is 10.5. The van der Waals surface area contributed by atoms with Crippen LogP contribution in [-0.2, 0) is 11.2 Å². The number of aliphatic hydroxyl groups excluding tert-OH is 1. The van der Waals surface area contributed by atoms with Crippen LogP contribution in [0.1, 0.15) is 10.4 Å². The number of halogens is 1. The van der Waals surface area contributed by atoms with Gasteiger partial charge in [-0.3, -0.25) is 4.79 Å². The summed E-state index contributed by atoms with van der Waals surface area (Å²) in [4.78, 5) is 12.8. The molecule has 0 atom stereocenters. The number of amides is 1. The van der Waals surface area contributed by atoms with Crippen molar-refractivity contribution in [1.29, 1.82) is 0 Å². The van der Waals surface area contributed by atoms with Crippen molar-refractivity contribution < 1.29 is 14.3 Å². The maximum absolute atomic E-state index is 13.2. The fraction of sp³-hybridized carbons (Fsp3) is 0.133. The van der Waals surface area contributed by atoms with Gasteiger partial charge in [0.15, 0.2) is 0 Å². The van der Waals surface area contributed by atoms with E-state index in [0.29, 0.717) is 11.3 Å². The van der Waals surface area contributed by atoms with Crippen molar-refractivity contribution in [2.45, 2.75) is 6.42 Å². The number of carbonyl (C=O) groups excluding carboxylic acids is 1. The highest BCUT2D eigenvalue weighted by Crippen LogP contribution is 2.17. The number of hydrogen-bond acceptors (Lipinski definition) is 3. The molecule has 0 radical (unpaired) electrons. The van der Waals surface area contributed by atoms with Gasteiger partial charge in [-0.2, -0.15) is 0 Å². The van der Waals surface area contributed by atoms with Crippen LogP contribution in [0, 0.1) is 17.7 Å². The second-order valence-electron chi connectivity index (χ2n) is 3.95. The van der Waals surface area contributed by atoms with Gasteiger partial charge in [0.2, 0.25) is 5.91 Å². The molecule has 2 aromatic rings. The first-order valence-electron chi connectivity index (χ1n) is 5.90. The van der Waals surface area contributed by atoms with Crippen LogP contribution in [0.5, 0.6) is 0 Å². The third kappa shape index (κ3) is 3.92. The Balaban J connectivity index is 2.14. The number of anilines is 1. The Hall–Kier alpha value is -2.16. The highest BCUT2D eigenvalue weighted by molar-refractivity contribution is 7.10. The molecular formula is C15H12FNO2S. The molecule has 3 nitrogen and oxygen atoms in total. The summed E-state index contributed by atoms with van der Waals surface area (Å²) in [5, 5.41) is 13.3. The molecule has 2 N–H and O–H groups in total. The van der Waals surface area contributed by atoms with Gasteiger partial charge in [-0.25, -0.2) is 4.39 Å². The SMILES string of the molecule is O=C(Cc1cccs1)Nc1ccc(F)cc1C#CCO. The zero-order chi connectivity index (χ0) is 14.4. The highest BCUT2D eigenvalue weighted by atomic mass is 32.1. The van der Waals surface area contributed by atoms with Crippen LogP contribution in [0.25, 0.3) is 0 Å². The van der Waals surface area contributed by atoms with Gasteiger partial charge in [-0.05, 0) is 29.6 Å². The van der Waals surface area contributed by atoms with Crippen molar-refractivity contribution in [3.05, 3.63) is 52.0 Å². The fourth-order valence-electron chi connectivity index (χ4n) is 1.63. The average Bonchev–Trinajstić information content (AvgIpc) is 2.91. The molecule has 0 saturated heterocycles. The van der Waals surface area contributed by atoms with Crippen LogP contribution >= 0.6 is 11.3 Å². The van der Waals surface area contributed by atoms with Crippen LogP contribution in [0.15, 0.2) is 35.7 Å². The van der Waals surface area contributed by atoms with E-state index < -0.39 is 5.82 Å². The minimum absolute atomic E-state index is 0.189. The van der Waals surface area contributed by atoms with Gasteiger partial charge in [0, 0.05) is 4.88 Å². The number of thiophene rings is 1. The summed E-state index contributed by atoms with van der Waals surface area (Å²) in [5.41, 5.74) is 0.785. The lowest BCUT2D eigenvalue weighted by Crippen LogP contribution is -2.14. The van der Waals surface area contributed by atoms with E-state index in [9.17, 15) is 9.18 Å². The van der Waals surface area contributed by atoms with E-state index in [0.717, 1.165) is 4.88 Å². The van der Waals surface area contributed by atoms with Crippen LogP contribution in [-0.4, -0.2) is 17.6 Å². The molecule has 2 rings (SSSR count). The molecule has 0 aliphatic carbocycles. The maximum Gasteiger partial charge on any atom is 0.229 e. The third-order valence-corrected chi connectivity index (χ3v) is 3.35. The van der Waals surface area contributed by atoms with E-state index in [1.807, 2.05) is 17.5 Å². The van der Waals surface area contributed by atoms with E-state index in [2.05, 4.69) is 17.2 Å². The molecule has 1 aromatic heterocycles. The van der Waals surface area contributed by atoms with Gasteiger partial charge in [0.25, 0.3) is 0 Å². The minimum Gasteiger partial charge on any atom is -0.384 e. The Kier molecular flexibility index (Phi) is 4.88. The molecule has 102 valence electrons. The first kappa shape index (κ1) is 14.3. The standard InChI is InChI=1S/C15H12FNO2S/c16-12-5-6-14(11(9-12)3-1-7-18)17-15(19)10-13-4-2-8-20-13/h2,4-6,8-9,18H,7,10H2,(H,17,19). The summed E-state index contributed by atoms with van der Waals surface area (Å²) in [6.45, 7) is -0.320. The topological polar surface area (TPSA) is 49.3 Å². The first-order chi connectivity index (χ1) is 9.69. The number of rotatable bonds is 3. The normalized spacial score (nSPS) is 9.70. The lowest BCUT2D eigenvalue weighted by molar-refractivity contribution is -0.115. The molecule has 0 spiro atoms. The van der Waals surface area contributed by atoms with E-state index in [-0.39, 0.29) is 18.9 Å². The van der Waals surface area contributed by atoms with Crippen LogP contribution in [0.2, 0.25) is 0 Å². The Morgan fingerprint density at radius 2 is 2.25 bits per heavy atom. The Morgan fingerprint density at radius 1 is 1.40 bits per heavy atom. The summed E-state index contributed by atoms with van der Waals surface area (Å²) >= 11 is 1.50. The number of benzene rings is 1. The van der Waals surface area contributed by atoms with Crippen molar-refractivity contribution in [1.82, 2.24) is 0 Å². The number of aliphatic hydroxyl groups is 1. The minimum atomic E-state index is -0.441. The molecule has 1 amide bonds. The zero-order valence-corrected chi connectivity index (χ0v) is 11.3. The van der Waals surface area contributed by atoms with Crippen molar-refractivity contribution in [3.8, 4) is 11.8 Å². The van der Waals surface area contributed by atoms with Crippen LogP contribution < -0.4 is 5.32 Å². The molecule has 0 saturated carbocycles. The van der Waals surface area contributed by atoms with Gasteiger partial charge in [-0.15, -0.1) is 11.3 Å². The monoisotopic (exact) mass is 289 g/mol. The lowest BCUT2D eigenvalue weighted by atomic mass is 10.1. The van der Waals surface area contributed by atoms with Crippen molar-refractivity contribution >= 4 is 22.9 Å². The smallest absolute Gasteiger partial charge is 0.229 e. The van der Waals surface area contributed by atoms with Crippen molar-refractivity contribution in [2.75, 3.05) is 11.9 Å². The second-order valence-corrected chi connectivity index (χ2v) is 4.99. The summed E-state index contributed by atoms with van der Waals surface area (Å²) < 4.78 is 13.2. The number of hydrogen-bond donors (Lipinski definition) is 2.